The standard InChI is InChI=1S/C37H58O4SSi2/c1-13-15-16-22-35(38)39-31-26-32(41-44(11,12)37(6,7)8)29(28(31)19-14-2)23-24-30(40-43(9,10)36(3,4)5)34-25-27-20-17-18-21-33(27)42-34/h13-14,17-18,20-21,23-25,28-32H,1-2,15-16,19,22,26H2,3-12H3/b24-23+/t28-,29-,30-,31+,32?/m1/s1. The van der Waals surface area contributed by atoms with E-state index in [1.165, 1.54) is 15.0 Å². The van der Waals surface area contributed by atoms with E-state index in [-0.39, 0.29) is 46.2 Å². The van der Waals surface area contributed by atoms with Crippen LogP contribution in [0.2, 0.25) is 36.3 Å². The third kappa shape index (κ3) is 9.15. The Bertz CT molecular complexity index is 1260. The minimum atomic E-state index is -2.10. The minimum absolute atomic E-state index is 0.0426. The van der Waals surface area contributed by atoms with Gasteiger partial charge in [0.25, 0.3) is 0 Å². The highest BCUT2D eigenvalue weighted by atomic mass is 32.1. The first-order valence-electron chi connectivity index (χ1n) is 16.3. The van der Waals surface area contributed by atoms with E-state index in [1.54, 1.807) is 0 Å². The van der Waals surface area contributed by atoms with Crippen molar-refractivity contribution in [1.82, 2.24) is 0 Å². The van der Waals surface area contributed by atoms with Crippen LogP contribution < -0.4 is 0 Å². The maximum absolute atomic E-state index is 12.9. The topological polar surface area (TPSA) is 44.8 Å². The molecule has 44 heavy (non-hydrogen) atoms. The molecule has 1 aliphatic carbocycles. The van der Waals surface area contributed by atoms with Crippen molar-refractivity contribution in [3.8, 4) is 0 Å². The molecule has 1 fully saturated rings. The normalized spacial score (nSPS) is 22.4. The van der Waals surface area contributed by atoms with Gasteiger partial charge < -0.3 is 13.6 Å². The molecule has 1 aliphatic rings. The van der Waals surface area contributed by atoms with Gasteiger partial charge in [0.2, 0.25) is 0 Å². The SMILES string of the molecule is C=CCCCC(=O)O[C@H]1CC(O[Si](C)(C)C(C)(C)C)[C@H](/C=C/[C@@H](O[Si](C)(C)C(C)(C)C)c2cc3ccccc3s2)[C@H]1CC=C. The second-order valence-corrected chi connectivity index (χ2v) is 26.1. The molecule has 5 atom stereocenters. The molecule has 244 valence electrons. The van der Waals surface area contributed by atoms with Crippen molar-refractivity contribution in [2.75, 3.05) is 0 Å². The molecule has 0 spiro atoms. The second kappa shape index (κ2) is 14.8. The number of fused-ring (bicyclic) bond motifs is 1. The van der Waals surface area contributed by atoms with Crippen LogP contribution in [0.3, 0.4) is 0 Å². The maximum atomic E-state index is 12.9. The fourth-order valence-corrected chi connectivity index (χ4v) is 9.06. The number of esters is 1. The van der Waals surface area contributed by atoms with Gasteiger partial charge in [-0.2, -0.15) is 0 Å². The summed E-state index contributed by atoms with van der Waals surface area (Å²) in [5.74, 6) is 0.0387. The van der Waals surface area contributed by atoms with Crippen LogP contribution in [0.25, 0.3) is 10.1 Å². The summed E-state index contributed by atoms with van der Waals surface area (Å²) in [6.45, 7) is 30.9. The van der Waals surface area contributed by atoms with Crippen LogP contribution in [0.15, 0.2) is 67.8 Å². The molecule has 3 rings (SSSR count). The van der Waals surface area contributed by atoms with E-state index in [9.17, 15) is 4.79 Å². The van der Waals surface area contributed by atoms with Gasteiger partial charge >= 0.3 is 5.97 Å². The summed E-state index contributed by atoms with van der Waals surface area (Å²) in [7, 11) is -4.20. The lowest BCUT2D eigenvalue weighted by atomic mass is 9.90. The van der Waals surface area contributed by atoms with Gasteiger partial charge in [-0.15, -0.1) is 24.5 Å². The Morgan fingerprint density at radius 1 is 1.00 bits per heavy atom. The molecule has 0 radical (unpaired) electrons. The summed E-state index contributed by atoms with van der Waals surface area (Å²) in [5, 5.41) is 1.39. The third-order valence-electron chi connectivity index (χ3n) is 10.1. The molecule has 1 aromatic heterocycles. The molecule has 4 nitrogen and oxygen atoms in total. The van der Waals surface area contributed by atoms with Gasteiger partial charge in [0.1, 0.15) is 6.10 Å². The van der Waals surface area contributed by atoms with Crippen LogP contribution in [0.5, 0.6) is 0 Å². The summed E-state index contributed by atoms with van der Waals surface area (Å²) in [5.41, 5.74) is 0. The highest BCUT2D eigenvalue weighted by Crippen LogP contribution is 2.47. The summed E-state index contributed by atoms with van der Waals surface area (Å²) >= 11 is 1.81. The first kappa shape index (κ1) is 36.7. The van der Waals surface area contributed by atoms with E-state index >= 15 is 0 Å². The molecule has 1 heterocycles. The van der Waals surface area contributed by atoms with Gasteiger partial charge in [-0.3, -0.25) is 4.79 Å². The van der Waals surface area contributed by atoms with E-state index in [1.807, 2.05) is 23.5 Å². The monoisotopic (exact) mass is 654 g/mol. The molecule has 0 saturated heterocycles. The number of carbonyl (C=O) groups excluding carboxylic acids is 1. The van der Waals surface area contributed by atoms with Crippen molar-refractivity contribution in [2.24, 2.45) is 11.8 Å². The van der Waals surface area contributed by atoms with Gasteiger partial charge in [0.05, 0.1) is 12.2 Å². The fourth-order valence-electron chi connectivity index (χ4n) is 5.35. The van der Waals surface area contributed by atoms with E-state index in [0.717, 1.165) is 19.3 Å². The van der Waals surface area contributed by atoms with Gasteiger partial charge in [0, 0.05) is 34.3 Å². The van der Waals surface area contributed by atoms with Crippen molar-refractivity contribution >= 4 is 44.0 Å². The number of benzene rings is 1. The third-order valence-corrected chi connectivity index (χ3v) is 20.2. The van der Waals surface area contributed by atoms with Crippen LogP contribution >= 0.6 is 11.3 Å². The zero-order chi connectivity index (χ0) is 32.9. The number of thiophene rings is 1. The number of ether oxygens (including phenoxy) is 1. The largest absolute Gasteiger partial charge is 0.462 e. The van der Waals surface area contributed by atoms with E-state index < -0.39 is 16.6 Å². The summed E-state index contributed by atoms with van der Waals surface area (Å²) in [6.07, 6.45) is 11.5. The van der Waals surface area contributed by atoms with E-state index in [0.29, 0.717) is 12.8 Å². The highest BCUT2D eigenvalue weighted by Gasteiger charge is 2.49. The molecule has 1 saturated carbocycles. The molecule has 0 bridgehead atoms. The van der Waals surface area contributed by atoms with Crippen molar-refractivity contribution in [2.45, 2.75) is 128 Å². The van der Waals surface area contributed by atoms with Gasteiger partial charge in [0.15, 0.2) is 16.6 Å². The molecule has 0 N–H and O–H groups in total. The Labute approximate surface area is 274 Å². The quantitative estimate of drug-likeness (QED) is 0.0880. The van der Waals surface area contributed by atoms with Crippen LogP contribution in [0, 0.1) is 11.8 Å². The maximum Gasteiger partial charge on any atom is 0.306 e. The number of unbranched alkanes of at least 4 members (excludes halogenated alkanes) is 1. The molecule has 1 unspecified atom stereocenters. The predicted octanol–water partition coefficient (Wildman–Crippen LogP) is 11.4. The van der Waals surface area contributed by atoms with Gasteiger partial charge in [-0.05, 0) is 73.0 Å². The Kier molecular flexibility index (Phi) is 12.3. The zero-order valence-electron chi connectivity index (χ0n) is 29.1. The molecule has 0 amide bonds. The number of hydrogen-bond acceptors (Lipinski definition) is 5. The lowest BCUT2D eigenvalue weighted by molar-refractivity contribution is -0.151. The number of hydrogen-bond donors (Lipinski definition) is 0. The molecular weight excluding hydrogens is 597 g/mol. The van der Waals surface area contributed by atoms with Gasteiger partial charge in [-0.1, -0.05) is 84.0 Å². The van der Waals surface area contributed by atoms with Crippen LogP contribution in [0.4, 0.5) is 0 Å². The fraction of sp³-hybridized carbons (Fsp3) is 0.595. The number of rotatable bonds is 14. The van der Waals surface area contributed by atoms with Crippen LogP contribution in [0.1, 0.15) is 84.6 Å². The minimum Gasteiger partial charge on any atom is -0.462 e. The number of allylic oxidation sites excluding steroid dienone is 2. The van der Waals surface area contributed by atoms with Crippen LogP contribution in [-0.4, -0.2) is 34.8 Å². The summed E-state index contributed by atoms with van der Waals surface area (Å²) < 4.78 is 21.7. The first-order valence-corrected chi connectivity index (χ1v) is 23.0. The van der Waals surface area contributed by atoms with Gasteiger partial charge in [-0.25, -0.2) is 0 Å². The Morgan fingerprint density at radius 2 is 1.66 bits per heavy atom. The van der Waals surface area contributed by atoms with Crippen molar-refractivity contribution in [3.05, 3.63) is 72.7 Å². The molecule has 1 aromatic carbocycles. The molecule has 0 aliphatic heterocycles. The zero-order valence-corrected chi connectivity index (χ0v) is 31.9. The Morgan fingerprint density at radius 3 is 2.25 bits per heavy atom. The summed E-state index contributed by atoms with van der Waals surface area (Å²) in [6, 6.07) is 10.8. The van der Waals surface area contributed by atoms with Crippen molar-refractivity contribution < 1.29 is 18.4 Å². The van der Waals surface area contributed by atoms with E-state index in [2.05, 4.69) is 123 Å². The Hall–Kier alpha value is -1.78. The van der Waals surface area contributed by atoms with Crippen LogP contribution in [-0.2, 0) is 18.4 Å². The highest BCUT2D eigenvalue weighted by molar-refractivity contribution is 7.19. The second-order valence-electron chi connectivity index (χ2n) is 15.5. The average Bonchev–Trinajstić information content (AvgIpc) is 3.46. The molecule has 2 aromatic rings. The molecular formula is C37H58O4SSi2. The predicted molar refractivity (Wildman–Crippen MR) is 194 cm³/mol. The molecule has 7 heteroatoms. The lowest BCUT2D eigenvalue weighted by Crippen LogP contribution is -2.45. The number of carbonyl (C=O) groups is 1. The Balaban J connectivity index is 2.03. The lowest BCUT2D eigenvalue weighted by Gasteiger charge is -2.40. The average molecular weight is 655 g/mol. The van der Waals surface area contributed by atoms with Crippen molar-refractivity contribution in [3.63, 3.8) is 0 Å². The van der Waals surface area contributed by atoms with Crippen molar-refractivity contribution in [1.29, 1.82) is 0 Å². The smallest absolute Gasteiger partial charge is 0.306 e. The summed E-state index contributed by atoms with van der Waals surface area (Å²) in [4.78, 5) is 14.1. The van der Waals surface area contributed by atoms with E-state index in [4.69, 9.17) is 13.6 Å². The first-order chi connectivity index (χ1) is 20.4.